The summed E-state index contributed by atoms with van der Waals surface area (Å²) in [7, 11) is 0. The second-order valence-corrected chi connectivity index (χ2v) is 3.09. The maximum Gasteiger partial charge on any atom is 0.328 e. The molecule has 84 valence electrons. The molecule has 0 aromatic carbocycles. The van der Waals surface area contributed by atoms with Gasteiger partial charge in [-0.3, -0.25) is 14.3 Å². The summed E-state index contributed by atoms with van der Waals surface area (Å²) < 4.78 is 6.50. The van der Waals surface area contributed by atoms with E-state index in [0.717, 1.165) is 0 Å². The summed E-state index contributed by atoms with van der Waals surface area (Å²) in [5.41, 5.74) is 4.45. The van der Waals surface area contributed by atoms with Gasteiger partial charge in [-0.1, -0.05) is 0 Å². The van der Waals surface area contributed by atoms with E-state index in [1.54, 1.807) is 0 Å². The molecule has 1 rings (SSSR count). The molecule has 0 radical (unpaired) electrons. The van der Waals surface area contributed by atoms with Gasteiger partial charge in [-0.05, 0) is 13.3 Å². The SMILES string of the molecule is CCOCCCn1cc(N)c(=O)[nH]c1=O. The molecule has 0 unspecified atom stereocenters. The van der Waals surface area contributed by atoms with E-state index in [9.17, 15) is 9.59 Å². The number of nitrogens with one attached hydrogen (secondary N) is 1. The quantitative estimate of drug-likeness (QED) is 0.648. The van der Waals surface area contributed by atoms with E-state index in [1.165, 1.54) is 10.8 Å². The van der Waals surface area contributed by atoms with E-state index in [0.29, 0.717) is 26.2 Å². The third kappa shape index (κ3) is 3.25. The maximum absolute atomic E-state index is 11.3. The van der Waals surface area contributed by atoms with Crippen LogP contribution < -0.4 is 17.0 Å². The summed E-state index contributed by atoms with van der Waals surface area (Å²) in [4.78, 5) is 24.4. The average molecular weight is 213 g/mol. The van der Waals surface area contributed by atoms with Gasteiger partial charge < -0.3 is 10.5 Å². The van der Waals surface area contributed by atoms with E-state index in [1.807, 2.05) is 6.92 Å². The molecular weight excluding hydrogens is 198 g/mol. The van der Waals surface area contributed by atoms with Crippen LogP contribution in [0.3, 0.4) is 0 Å². The van der Waals surface area contributed by atoms with Crippen LogP contribution >= 0.6 is 0 Å². The van der Waals surface area contributed by atoms with Gasteiger partial charge in [0.15, 0.2) is 0 Å². The van der Waals surface area contributed by atoms with Gasteiger partial charge in [0.2, 0.25) is 0 Å². The number of nitrogens with zero attached hydrogens (tertiary/aromatic N) is 1. The highest BCUT2D eigenvalue weighted by atomic mass is 16.5. The Hall–Kier alpha value is -1.56. The lowest BCUT2D eigenvalue weighted by Gasteiger charge is -2.05. The Morgan fingerprint density at radius 2 is 2.27 bits per heavy atom. The normalized spacial score (nSPS) is 10.5. The van der Waals surface area contributed by atoms with Crippen molar-refractivity contribution in [1.82, 2.24) is 9.55 Å². The monoisotopic (exact) mass is 213 g/mol. The highest BCUT2D eigenvalue weighted by Crippen LogP contribution is 1.91. The first-order chi connectivity index (χ1) is 7.15. The van der Waals surface area contributed by atoms with Gasteiger partial charge in [0.25, 0.3) is 5.56 Å². The van der Waals surface area contributed by atoms with Crippen molar-refractivity contribution >= 4 is 5.69 Å². The van der Waals surface area contributed by atoms with E-state index in [-0.39, 0.29) is 5.69 Å². The molecule has 1 heterocycles. The molecule has 6 heteroatoms. The van der Waals surface area contributed by atoms with Crippen LogP contribution in [0.1, 0.15) is 13.3 Å². The largest absolute Gasteiger partial charge is 0.393 e. The van der Waals surface area contributed by atoms with Crippen molar-refractivity contribution < 1.29 is 4.74 Å². The first kappa shape index (κ1) is 11.5. The first-order valence-corrected chi connectivity index (χ1v) is 4.82. The standard InChI is InChI=1S/C9H15N3O3/c1-2-15-5-3-4-12-6-7(10)8(13)11-9(12)14/h6H,2-5,10H2,1H3,(H,11,13,14). The molecule has 0 saturated carbocycles. The number of anilines is 1. The molecule has 6 nitrogen and oxygen atoms in total. The molecule has 0 spiro atoms. The van der Waals surface area contributed by atoms with Crippen LogP contribution in [0, 0.1) is 0 Å². The number of nitrogen functional groups attached to an aromatic ring is 1. The van der Waals surface area contributed by atoms with Crippen molar-refractivity contribution in [3.05, 3.63) is 27.0 Å². The summed E-state index contributed by atoms with van der Waals surface area (Å²) in [5, 5.41) is 0. The highest BCUT2D eigenvalue weighted by Gasteiger charge is 2.00. The van der Waals surface area contributed by atoms with Crippen LogP contribution in [0.15, 0.2) is 15.8 Å². The number of hydrogen-bond donors (Lipinski definition) is 2. The van der Waals surface area contributed by atoms with E-state index in [2.05, 4.69) is 4.98 Å². The lowest BCUT2D eigenvalue weighted by molar-refractivity contribution is 0.141. The van der Waals surface area contributed by atoms with Gasteiger partial charge in [0.05, 0.1) is 0 Å². The van der Waals surface area contributed by atoms with Crippen LogP contribution in [0.5, 0.6) is 0 Å². The highest BCUT2D eigenvalue weighted by molar-refractivity contribution is 5.30. The van der Waals surface area contributed by atoms with Crippen molar-refractivity contribution in [1.29, 1.82) is 0 Å². The number of aromatic nitrogens is 2. The smallest absolute Gasteiger partial charge is 0.328 e. The van der Waals surface area contributed by atoms with E-state index >= 15 is 0 Å². The van der Waals surface area contributed by atoms with Crippen molar-refractivity contribution in [3.8, 4) is 0 Å². The fraction of sp³-hybridized carbons (Fsp3) is 0.556. The fourth-order valence-corrected chi connectivity index (χ4v) is 1.17. The van der Waals surface area contributed by atoms with Crippen molar-refractivity contribution in [2.45, 2.75) is 19.9 Å². The second kappa shape index (κ2) is 5.35. The van der Waals surface area contributed by atoms with E-state index in [4.69, 9.17) is 10.5 Å². The number of hydrogen-bond acceptors (Lipinski definition) is 4. The molecule has 15 heavy (non-hydrogen) atoms. The molecule has 1 aromatic heterocycles. The van der Waals surface area contributed by atoms with Crippen LogP contribution in [0.25, 0.3) is 0 Å². The van der Waals surface area contributed by atoms with Crippen molar-refractivity contribution in [3.63, 3.8) is 0 Å². The second-order valence-electron chi connectivity index (χ2n) is 3.09. The molecule has 0 aliphatic rings. The number of H-pyrrole nitrogens is 1. The Labute approximate surface area is 86.7 Å². The number of nitrogens with two attached hydrogens (primary N) is 1. The predicted octanol–water partition coefficient (Wildman–Crippen LogP) is -0.455. The minimum atomic E-state index is -0.541. The minimum absolute atomic E-state index is 0.0472. The maximum atomic E-state index is 11.3. The lowest BCUT2D eigenvalue weighted by Crippen LogP contribution is -2.31. The average Bonchev–Trinajstić information content (AvgIpc) is 2.20. The lowest BCUT2D eigenvalue weighted by atomic mass is 10.4. The zero-order chi connectivity index (χ0) is 11.3. The van der Waals surface area contributed by atoms with E-state index < -0.39 is 11.2 Å². The molecule has 0 saturated heterocycles. The summed E-state index contributed by atoms with van der Waals surface area (Å²) in [5.74, 6) is 0. The summed E-state index contributed by atoms with van der Waals surface area (Å²) in [6, 6.07) is 0. The molecule has 0 fully saturated rings. The van der Waals surface area contributed by atoms with Gasteiger partial charge in [-0.15, -0.1) is 0 Å². The Kier molecular flexibility index (Phi) is 4.11. The van der Waals surface area contributed by atoms with Crippen LogP contribution in [0.4, 0.5) is 5.69 Å². The summed E-state index contributed by atoms with van der Waals surface area (Å²) in [6.07, 6.45) is 2.06. The molecular formula is C9H15N3O3. The molecule has 1 aromatic rings. The number of aryl methyl sites for hydroxylation is 1. The van der Waals surface area contributed by atoms with Gasteiger partial charge in [-0.2, -0.15) is 0 Å². The zero-order valence-corrected chi connectivity index (χ0v) is 8.66. The predicted molar refractivity (Wildman–Crippen MR) is 56.8 cm³/mol. The number of rotatable bonds is 5. The van der Waals surface area contributed by atoms with Gasteiger partial charge in [0.1, 0.15) is 5.69 Å². The van der Waals surface area contributed by atoms with Gasteiger partial charge in [0, 0.05) is 26.0 Å². The Morgan fingerprint density at radius 1 is 1.53 bits per heavy atom. The minimum Gasteiger partial charge on any atom is -0.393 e. The Bertz CT molecular complexity index is 421. The molecule has 0 amide bonds. The molecule has 0 aliphatic carbocycles. The van der Waals surface area contributed by atoms with Crippen LogP contribution in [-0.4, -0.2) is 22.8 Å². The number of aromatic amines is 1. The molecule has 0 atom stereocenters. The number of ether oxygens (including phenoxy) is 1. The molecule has 0 aliphatic heterocycles. The third-order valence-corrected chi connectivity index (χ3v) is 1.93. The topological polar surface area (TPSA) is 90.1 Å². The van der Waals surface area contributed by atoms with Crippen molar-refractivity contribution in [2.75, 3.05) is 18.9 Å². The van der Waals surface area contributed by atoms with Crippen molar-refractivity contribution in [2.24, 2.45) is 0 Å². The molecule has 3 N–H and O–H groups in total. The van der Waals surface area contributed by atoms with Gasteiger partial charge in [-0.25, -0.2) is 4.79 Å². The van der Waals surface area contributed by atoms with Crippen LogP contribution in [0.2, 0.25) is 0 Å². The van der Waals surface area contributed by atoms with Crippen LogP contribution in [-0.2, 0) is 11.3 Å². The first-order valence-electron chi connectivity index (χ1n) is 4.82. The zero-order valence-electron chi connectivity index (χ0n) is 8.66. The fourth-order valence-electron chi connectivity index (χ4n) is 1.17. The third-order valence-electron chi connectivity index (χ3n) is 1.93. The molecule has 0 bridgehead atoms. The summed E-state index contributed by atoms with van der Waals surface area (Å²) in [6.45, 7) is 3.63. The Morgan fingerprint density at radius 3 is 2.93 bits per heavy atom. The van der Waals surface area contributed by atoms with Gasteiger partial charge >= 0.3 is 5.69 Å². The summed E-state index contributed by atoms with van der Waals surface area (Å²) >= 11 is 0. The Balaban J connectivity index is 2.66.